The van der Waals surface area contributed by atoms with Gasteiger partial charge in [0.2, 0.25) is 11.8 Å². The van der Waals surface area contributed by atoms with E-state index in [9.17, 15) is 29.4 Å². The van der Waals surface area contributed by atoms with E-state index < -0.39 is 0 Å². The van der Waals surface area contributed by atoms with Crippen molar-refractivity contribution in [2.45, 2.75) is 264 Å². The third-order valence-corrected chi connectivity index (χ3v) is 24.5. The molecule has 4 fully saturated rings. The van der Waals surface area contributed by atoms with Crippen LogP contribution in [0.2, 0.25) is 0 Å². The van der Waals surface area contributed by atoms with Crippen LogP contribution in [0, 0.1) is 59.2 Å². The first-order valence-electron chi connectivity index (χ1n) is 34.7. The number of nitrogens with one attached hydrogen (secondary N) is 2. The number of phenolic OH excluding ortho intramolecular Hbond substituents is 2. The van der Waals surface area contributed by atoms with Gasteiger partial charge in [-0.15, -0.1) is 29.3 Å². The Hall–Kier alpha value is -5.08. The fraction of sp³-hybridized carbons (Fsp3) is 0.676. The average molecular weight is 1240 g/mol. The number of fused-ring (bicyclic) bond motifs is 10. The van der Waals surface area contributed by atoms with E-state index in [0.717, 1.165) is 145 Å². The van der Waals surface area contributed by atoms with Crippen LogP contribution >= 0.6 is 22.7 Å². The highest BCUT2D eigenvalue weighted by atomic mass is 32.1. The second-order valence-electron chi connectivity index (χ2n) is 28.5. The van der Waals surface area contributed by atoms with Gasteiger partial charge < -0.3 is 30.3 Å². The van der Waals surface area contributed by atoms with Crippen molar-refractivity contribution < 1.29 is 38.9 Å². The molecule has 88 heavy (non-hydrogen) atoms. The Morgan fingerprint density at radius 3 is 1.70 bits per heavy atom. The van der Waals surface area contributed by atoms with Gasteiger partial charge in [-0.3, -0.25) is 19.2 Å². The van der Waals surface area contributed by atoms with E-state index in [0.29, 0.717) is 89.4 Å². The molecule has 2 aromatic heterocycles. The molecule has 13 unspecified atom stereocenters. The van der Waals surface area contributed by atoms with Crippen molar-refractivity contribution in [3.05, 3.63) is 93.5 Å². The molecule has 2 heterocycles. The van der Waals surface area contributed by atoms with Gasteiger partial charge in [-0.05, 0) is 216 Å². The summed E-state index contributed by atoms with van der Waals surface area (Å²) in [6.07, 6.45) is 36.5. The summed E-state index contributed by atoms with van der Waals surface area (Å²) in [6, 6.07) is 11.8. The molecule has 0 spiro atoms. The quantitative estimate of drug-likeness (QED) is 0.0209. The topological polar surface area (TPSA) is 177 Å². The Labute approximate surface area is 534 Å². The SMILES string of the molecule is C=CCCCCCCC(CCC(=O)OC1CC(CCC(=O)Nc2ncc(C)s2)C2C3CCc4cc(O)ccc4C3CCC12C)Cc1cnc(NC(=O)CCC2CC(OC(=O)CCCCCCCCCCC)C3(C)CCC4c5ccc(O)cc5CCC4C23)s1. The van der Waals surface area contributed by atoms with Gasteiger partial charge in [0.25, 0.3) is 0 Å². The van der Waals surface area contributed by atoms with E-state index in [-0.39, 0.29) is 64.5 Å². The first kappa shape index (κ1) is 65.9. The van der Waals surface area contributed by atoms with E-state index >= 15 is 0 Å². The number of ether oxygens (including phenoxy) is 2. The maximum absolute atomic E-state index is 14.3. The molecule has 10 rings (SSSR count). The molecule has 0 bridgehead atoms. The molecule has 2 aromatic carbocycles. The first-order chi connectivity index (χ1) is 42.6. The molecule has 0 aliphatic heterocycles. The largest absolute Gasteiger partial charge is 0.508 e. The fourth-order valence-corrected chi connectivity index (χ4v) is 20.1. The lowest BCUT2D eigenvalue weighted by Crippen LogP contribution is -2.46. The molecule has 14 heteroatoms. The molecule has 13 atom stereocenters. The highest BCUT2D eigenvalue weighted by Crippen LogP contribution is 2.66. The van der Waals surface area contributed by atoms with Crippen LogP contribution in [-0.4, -0.2) is 56.1 Å². The molecule has 0 radical (unpaired) electrons. The molecular weight excluding hydrogens is 1140 g/mol. The van der Waals surface area contributed by atoms with Crippen molar-refractivity contribution in [2.24, 2.45) is 52.3 Å². The highest BCUT2D eigenvalue weighted by molar-refractivity contribution is 7.16. The number of carbonyl (C=O) groups excluding carboxylic acids is 4. The summed E-state index contributed by atoms with van der Waals surface area (Å²) in [4.78, 5) is 66.7. The third kappa shape index (κ3) is 16.1. The van der Waals surface area contributed by atoms with E-state index in [4.69, 9.17) is 14.5 Å². The third-order valence-electron chi connectivity index (χ3n) is 22.7. The van der Waals surface area contributed by atoms with Crippen molar-refractivity contribution in [3.63, 3.8) is 0 Å². The summed E-state index contributed by atoms with van der Waals surface area (Å²) in [5.41, 5.74) is 4.85. The summed E-state index contributed by atoms with van der Waals surface area (Å²) in [7, 11) is 0. The van der Waals surface area contributed by atoms with Crippen LogP contribution in [0.1, 0.15) is 257 Å². The predicted molar refractivity (Wildman–Crippen MR) is 354 cm³/mol. The minimum Gasteiger partial charge on any atom is -0.508 e. The number of aromatic hydroxyl groups is 2. The first-order valence-corrected chi connectivity index (χ1v) is 36.4. The van der Waals surface area contributed by atoms with Crippen molar-refractivity contribution in [3.8, 4) is 11.5 Å². The number of thiazole rings is 2. The zero-order valence-corrected chi connectivity index (χ0v) is 55.3. The van der Waals surface area contributed by atoms with Gasteiger partial charge >= 0.3 is 11.9 Å². The Morgan fingerprint density at radius 1 is 0.648 bits per heavy atom. The lowest BCUT2D eigenvalue weighted by atomic mass is 9.53. The van der Waals surface area contributed by atoms with Crippen molar-refractivity contribution >= 4 is 56.7 Å². The van der Waals surface area contributed by atoms with Crippen LogP contribution in [0.3, 0.4) is 0 Å². The van der Waals surface area contributed by atoms with Crippen LogP contribution in [0.4, 0.5) is 10.3 Å². The molecule has 0 saturated heterocycles. The summed E-state index contributed by atoms with van der Waals surface area (Å²) >= 11 is 3.03. The second-order valence-corrected chi connectivity index (χ2v) is 30.9. The van der Waals surface area contributed by atoms with E-state index in [1.54, 1.807) is 17.5 Å². The molecule has 6 aliphatic carbocycles. The van der Waals surface area contributed by atoms with Gasteiger partial charge in [0.15, 0.2) is 10.3 Å². The number of phenols is 2. The number of allylic oxidation sites excluding steroid dienone is 1. The Bertz CT molecular complexity index is 2990. The zero-order valence-electron chi connectivity index (χ0n) is 53.6. The summed E-state index contributed by atoms with van der Waals surface area (Å²) in [5, 5.41) is 28.3. The fourth-order valence-electron chi connectivity index (χ4n) is 18.5. The smallest absolute Gasteiger partial charge is 0.306 e. The van der Waals surface area contributed by atoms with E-state index in [2.05, 4.69) is 55.1 Å². The Balaban J connectivity index is 0.756. The summed E-state index contributed by atoms with van der Waals surface area (Å²) in [5.74, 6) is 3.31. The lowest BCUT2D eigenvalue weighted by molar-refractivity contribution is -0.158. The van der Waals surface area contributed by atoms with Crippen molar-refractivity contribution in [1.82, 2.24) is 9.97 Å². The minimum atomic E-state index is -0.227. The van der Waals surface area contributed by atoms with Gasteiger partial charge in [0.1, 0.15) is 23.7 Å². The van der Waals surface area contributed by atoms with Crippen LogP contribution in [-0.2, 0) is 47.9 Å². The molecule has 12 nitrogen and oxygen atoms in total. The summed E-state index contributed by atoms with van der Waals surface area (Å²) < 4.78 is 13.3. The van der Waals surface area contributed by atoms with Gasteiger partial charge in [0, 0.05) is 58.7 Å². The molecule has 4 saturated carbocycles. The van der Waals surface area contributed by atoms with Gasteiger partial charge in [-0.2, -0.15) is 0 Å². The van der Waals surface area contributed by atoms with Gasteiger partial charge in [0.05, 0.1) is 0 Å². The number of nitrogens with zero attached hydrogens (tertiary/aromatic N) is 2. The van der Waals surface area contributed by atoms with E-state index in [1.807, 2.05) is 43.5 Å². The Morgan fingerprint density at radius 2 is 1.16 bits per heavy atom. The number of rotatable bonds is 32. The number of aromatic nitrogens is 2. The second kappa shape index (κ2) is 30.8. The zero-order chi connectivity index (χ0) is 61.8. The number of unbranched alkanes of at least 4 members (excludes halogenated alkanes) is 12. The molecule has 480 valence electrons. The van der Waals surface area contributed by atoms with Gasteiger partial charge in [-0.1, -0.05) is 116 Å². The Kier molecular flexibility index (Phi) is 23.1. The number of anilines is 2. The molecule has 4 N–H and O–H groups in total. The predicted octanol–water partition coefficient (Wildman–Crippen LogP) is 18.2. The van der Waals surface area contributed by atoms with E-state index in [1.165, 1.54) is 78.5 Å². The van der Waals surface area contributed by atoms with Crippen LogP contribution < -0.4 is 10.6 Å². The number of carbonyl (C=O) groups is 4. The normalized spacial score (nSPS) is 27.8. The summed E-state index contributed by atoms with van der Waals surface area (Å²) in [6.45, 7) is 12.9. The molecule has 4 aromatic rings. The number of benzene rings is 2. The van der Waals surface area contributed by atoms with Crippen LogP contribution in [0.15, 0.2) is 61.4 Å². The lowest BCUT2D eigenvalue weighted by Gasteiger charge is -2.51. The number of hydrogen-bond donors (Lipinski definition) is 4. The van der Waals surface area contributed by atoms with Crippen molar-refractivity contribution in [2.75, 3.05) is 10.6 Å². The number of esters is 2. The number of amides is 2. The molecular formula is C74H104N4O8S2. The maximum atomic E-state index is 14.3. The van der Waals surface area contributed by atoms with Crippen LogP contribution in [0.5, 0.6) is 11.5 Å². The maximum Gasteiger partial charge on any atom is 0.306 e. The number of aryl methyl sites for hydroxylation is 3. The monoisotopic (exact) mass is 1240 g/mol. The standard InChI is InChI=1S/C74H104N4O8S2/c1-6-8-10-12-14-15-16-18-20-22-67(83)85-63-44-52(69-61-30-24-50-42-54(79)28-32-57(50)59(61)37-39-73(63,69)4)27-35-66(82)78-72-76-47-56(88-72)41-49(21-19-17-13-11-9-7-2)23-36-68(84)86-64-45-53(26-34-65(81)77-71-75-46-48(3)87-71)70-62-31-25-51-43-55(80)29-33-58(51)60(62)38-40-74(64,70)5/h7,28-29,32-33,42-43,46-47,49,52-53,59-64,69-70,79-80H,2,6,8-27,30-31,34-41,44-45H2,1,3-5H3,(H,75,77,81)(H,76,78,82). The van der Waals surface area contributed by atoms with Crippen molar-refractivity contribution in [1.29, 1.82) is 0 Å². The molecule has 6 aliphatic rings. The molecule has 2 amide bonds. The highest BCUT2D eigenvalue weighted by Gasteiger charge is 2.61. The minimum absolute atomic E-state index is 0.0236. The average Bonchev–Trinajstić information content (AvgIpc) is 1.53. The van der Waals surface area contributed by atoms with Gasteiger partial charge in [-0.25, -0.2) is 9.97 Å². The number of hydrogen-bond acceptors (Lipinski definition) is 12. The van der Waals surface area contributed by atoms with Crippen LogP contribution in [0.25, 0.3) is 0 Å².